The van der Waals surface area contributed by atoms with E-state index in [-0.39, 0.29) is 6.61 Å². The molecule has 1 heterocycles. The molecule has 0 amide bonds. The number of aliphatic hydroxyl groups excluding tert-OH is 1. The number of rotatable bonds is 5. The molecule has 0 radical (unpaired) electrons. The van der Waals surface area contributed by atoms with Gasteiger partial charge in [-0.05, 0) is 29.8 Å². The minimum Gasteiger partial charge on any atom is -0.439 e. The number of aromatic nitrogens is 1. The SMILES string of the molecule is OCc1ccc(Cl)c(NCc2ncc(-c3cccc(Cl)c3)o2)c1. The number of anilines is 1. The number of nitrogens with zero attached hydrogens (tertiary/aromatic N) is 1. The number of nitrogens with one attached hydrogen (secondary N) is 1. The van der Waals surface area contributed by atoms with Gasteiger partial charge >= 0.3 is 0 Å². The van der Waals surface area contributed by atoms with E-state index in [4.69, 9.17) is 27.6 Å². The molecule has 0 saturated carbocycles. The number of halogens is 2. The minimum absolute atomic E-state index is 0.0379. The third-order valence-electron chi connectivity index (χ3n) is 3.31. The molecule has 0 aliphatic rings. The first-order chi connectivity index (χ1) is 11.2. The first-order valence-corrected chi connectivity index (χ1v) is 7.75. The third kappa shape index (κ3) is 3.85. The van der Waals surface area contributed by atoms with Gasteiger partial charge in [0.05, 0.1) is 30.1 Å². The maximum atomic E-state index is 9.18. The Morgan fingerprint density at radius 3 is 2.78 bits per heavy atom. The molecule has 0 atom stereocenters. The highest BCUT2D eigenvalue weighted by Gasteiger charge is 2.08. The number of aliphatic hydroxyl groups is 1. The van der Waals surface area contributed by atoms with Crippen LogP contribution in [-0.4, -0.2) is 10.1 Å². The Labute approximate surface area is 143 Å². The molecule has 0 unspecified atom stereocenters. The maximum absolute atomic E-state index is 9.18. The van der Waals surface area contributed by atoms with Gasteiger partial charge < -0.3 is 14.8 Å². The van der Waals surface area contributed by atoms with Crippen LogP contribution in [0, 0.1) is 0 Å². The number of oxazole rings is 1. The summed E-state index contributed by atoms with van der Waals surface area (Å²) in [6.07, 6.45) is 1.66. The van der Waals surface area contributed by atoms with Crippen molar-refractivity contribution in [3.8, 4) is 11.3 Å². The van der Waals surface area contributed by atoms with Crippen LogP contribution in [0.2, 0.25) is 10.0 Å². The van der Waals surface area contributed by atoms with Gasteiger partial charge in [0.25, 0.3) is 0 Å². The fourth-order valence-electron chi connectivity index (χ4n) is 2.14. The maximum Gasteiger partial charge on any atom is 0.214 e. The Kier molecular flexibility index (Phi) is 4.86. The lowest BCUT2D eigenvalue weighted by Crippen LogP contribution is -2.00. The van der Waals surface area contributed by atoms with E-state index in [0.717, 1.165) is 16.8 Å². The quantitative estimate of drug-likeness (QED) is 0.698. The van der Waals surface area contributed by atoms with Crippen molar-refractivity contribution >= 4 is 28.9 Å². The van der Waals surface area contributed by atoms with Gasteiger partial charge in [-0.1, -0.05) is 41.4 Å². The summed E-state index contributed by atoms with van der Waals surface area (Å²) < 4.78 is 5.72. The van der Waals surface area contributed by atoms with Crippen LogP contribution in [0.15, 0.2) is 53.1 Å². The first-order valence-electron chi connectivity index (χ1n) is 6.99. The summed E-state index contributed by atoms with van der Waals surface area (Å²) in [4.78, 5) is 4.24. The lowest BCUT2D eigenvalue weighted by Gasteiger charge is -2.08. The Hall–Kier alpha value is -2.01. The van der Waals surface area contributed by atoms with Crippen molar-refractivity contribution in [2.75, 3.05) is 5.32 Å². The van der Waals surface area contributed by atoms with Crippen LogP contribution in [0.25, 0.3) is 11.3 Å². The number of hydrogen-bond acceptors (Lipinski definition) is 4. The molecule has 0 saturated heterocycles. The highest BCUT2D eigenvalue weighted by atomic mass is 35.5. The molecule has 0 spiro atoms. The zero-order valence-electron chi connectivity index (χ0n) is 12.1. The van der Waals surface area contributed by atoms with E-state index < -0.39 is 0 Å². The predicted octanol–water partition coefficient (Wildman–Crippen LogP) is 4.75. The summed E-state index contributed by atoms with van der Waals surface area (Å²) in [6, 6.07) is 12.7. The zero-order chi connectivity index (χ0) is 16.2. The van der Waals surface area contributed by atoms with Crippen LogP contribution >= 0.6 is 23.2 Å². The summed E-state index contributed by atoms with van der Waals surface area (Å²) in [5.41, 5.74) is 2.38. The molecule has 0 fully saturated rings. The summed E-state index contributed by atoms with van der Waals surface area (Å²) in [7, 11) is 0. The van der Waals surface area contributed by atoms with Gasteiger partial charge in [0, 0.05) is 10.6 Å². The standard InChI is InChI=1S/C17H14Cl2N2O2/c18-13-3-1-2-12(7-13)16-8-21-17(23-16)9-20-15-6-11(10-22)4-5-14(15)19/h1-8,20,22H,9-10H2. The molecular formula is C17H14Cl2N2O2. The molecule has 3 rings (SSSR count). The molecule has 6 heteroatoms. The van der Waals surface area contributed by atoms with Gasteiger partial charge in [-0.3, -0.25) is 0 Å². The zero-order valence-corrected chi connectivity index (χ0v) is 13.6. The Morgan fingerprint density at radius 1 is 1.13 bits per heavy atom. The molecule has 0 aliphatic carbocycles. The van der Waals surface area contributed by atoms with Crippen LogP contribution in [0.5, 0.6) is 0 Å². The summed E-state index contributed by atoms with van der Waals surface area (Å²) in [5.74, 6) is 1.19. The van der Waals surface area contributed by atoms with Crippen LogP contribution in [0.1, 0.15) is 11.5 Å². The molecule has 2 aromatic carbocycles. The molecule has 118 valence electrons. The monoisotopic (exact) mass is 348 g/mol. The fraction of sp³-hybridized carbons (Fsp3) is 0.118. The van der Waals surface area contributed by atoms with Crippen molar-refractivity contribution in [3.05, 3.63) is 70.2 Å². The van der Waals surface area contributed by atoms with Gasteiger partial charge in [0.1, 0.15) is 0 Å². The Bertz CT molecular complexity index is 818. The second-order valence-electron chi connectivity index (χ2n) is 4.95. The van der Waals surface area contributed by atoms with Crippen LogP contribution in [0.3, 0.4) is 0 Å². The molecular weight excluding hydrogens is 335 g/mol. The smallest absolute Gasteiger partial charge is 0.214 e. The van der Waals surface area contributed by atoms with E-state index in [9.17, 15) is 5.11 Å². The van der Waals surface area contributed by atoms with Crippen LogP contribution < -0.4 is 5.32 Å². The number of benzene rings is 2. The Morgan fingerprint density at radius 2 is 2.00 bits per heavy atom. The lowest BCUT2D eigenvalue weighted by atomic mass is 10.2. The molecule has 23 heavy (non-hydrogen) atoms. The van der Waals surface area contributed by atoms with Crippen molar-refractivity contribution in [2.45, 2.75) is 13.2 Å². The van der Waals surface area contributed by atoms with Crippen molar-refractivity contribution in [1.82, 2.24) is 4.98 Å². The van der Waals surface area contributed by atoms with Crippen LogP contribution in [-0.2, 0) is 13.2 Å². The highest BCUT2D eigenvalue weighted by Crippen LogP contribution is 2.26. The van der Waals surface area contributed by atoms with Crippen molar-refractivity contribution < 1.29 is 9.52 Å². The summed E-state index contributed by atoms with van der Waals surface area (Å²) >= 11 is 12.1. The van der Waals surface area contributed by atoms with Gasteiger partial charge in [0.2, 0.25) is 5.89 Å². The largest absolute Gasteiger partial charge is 0.439 e. The van der Waals surface area contributed by atoms with Crippen LogP contribution in [0.4, 0.5) is 5.69 Å². The average Bonchev–Trinajstić information content (AvgIpc) is 3.03. The third-order valence-corrected chi connectivity index (χ3v) is 3.87. The first kappa shape index (κ1) is 15.9. The van der Waals surface area contributed by atoms with E-state index in [1.54, 1.807) is 30.5 Å². The second kappa shape index (κ2) is 7.04. The van der Waals surface area contributed by atoms with Gasteiger partial charge in [-0.2, -0.15) is 0 Å². The molecule has 0 aliphatic heterocycles. The molecule has 4 nitrogen and oxygen atoms in total. The number of hydrogen-bond donors (Lipinski definition) is 2. The Balaban J connectivity index is 1.73. The topological polar surface area (TPSA) is 58.3 Å². The minimum atomic E-state index is -0.0379. The average molecular weight is 349 g/mol. The van der Waals surface area contributed by atoms with Crippen molar-refractivity contribution in [3.63, 3.8) is 0 Å². The van der Waals surface area contributed by atoms with Gasteiger partial charge in [-0.15, -0.1) is 0 Å². The second-order valence-corrected chi connectivity index (χ2v) is 5.80. The lowest BCUT2D eigenvalue weighted by molar-refractivity contribution is 0.282. The normalized spacial score (nSPS) is 10.7. The van der Waals surface area contributed by atoms with E-state index >= 15 is 0 Å². The van der Waals surface area contributed by atoms with E-state index in [1.165, 1.54) is 0 Å². The molecule has 0 bridgehead atoms. The van der Waals surface area contributed by atoms with Crippen molar-refractivity contribution in [2.24, 2.45) is 0 Å². The summed E-state index contributed by atoms with van der Waals surface area (Å²) in [5, 5.41) is 13.5. The molecule has 3 aromatic rings. The van der Waals surface area contributed by atoms with E-state index in [2.05, 4.69) is 10.3 Å². The predicted molar refractivity (Wildman–Crippen MR) is 91.7 cm³/mol. The van der Waals surface area contributed by atoms with Crippen molar-refractivity contribution in [1.29, 1.82) is 0 Å². The molecule has 2 N–H and O–H groups in total. The summed E-state index contributed by atoms with van der Waals surface area (Å²) in [6.45, 7) is 0.346. The van der Waals surface area contributed by atoms with Gasteiger partial charge in [0.15, 0.2) is 5.76 Å². The van der Waals surface area contributed by atoms with E-state index in [1.807, 2.05) is 18.2 Å². The fourth-order valence-corrected chi connectivity index (χ4v) is 2.52. The highest BCUT2D eigenvalue weighted by molar-refractivity contribution is 6.33. The van der Waals surface area contributed by atoms with E-state index in [0.29, 0.717) is 28.2 Å². The molecule has 1 aromatic heterocycles. The van der Waals surface area contributed by atoms with Gasteiger partial charge in [-0.25, -0.2) is 4.98 Å².